The third-order valence-electron chi connectivity index (χ3n) is 3.27. The molecule has 2 aromatic rings. The number of ether oxygens (including phenoxy) is 3. The molecule has 0 saturated carbocycles. The third kappa shape index (κ3) is 4.61. The number of hydrogen-bond donors (Lipinski definition) is 0. The Hall–Kier alpha value is -2.75. The molecule has 0 aliphatic rings. The summed E-state index contributed by atoms with van der Waals surface area (Å²) in [7, 11) is 3.23. The minimum atomic E-state index is -0.328. The smallest absolute Gasteiger partial charge is 0.308 e. The maximum absolute atomic E-state index is 11.1. The molecule has 0 amide bonds. The highest BCUT2D eigenvalue weighted by molar-refractivity contribution is 5.71. The molecule has 0 radical (unpaired) electrons. The zero-order chi connectivity index (χ0) is 16.7. The fourth-order valence-electron chi connectivity index (χ4n) is 2.20. The molecule has 4 nitrogen and oxygen atoms in total. The Morgan fingerprint density at radius 3 is 2.43 bits per heavy atom. The van der Waals surface area contributed by atoms with Gasteiger partial charge in [0.15, 0.2) is 11.5 Å². The Morgan fingerprint density at radius 2 is 1.74 bits per heavy atom. The molecule has 0 aliphatic carbocycles. The van der Waals surface area contributed by atoms with E-state index in [-0.39, 0.29) is 5.97 Å². The minimum absolute atomic E-state index is 0.328. The molecule has 0 saturated heterocycles. The number of carbonyl (C=O) groups is 1. The Balaban J connectivity index is 2.12. The van der Waals surface area contributed by atoms with Crippen molar-refractivity contribution in [3.05, 3.63) is 59.7 Å². The van der Waals surface area contributed by atoms with Gasteiger partial charge in [-0.3, -0.25) is 4.79 Å². The summed E-state index contributed by atoms with van der Waals surface area (Å²) < 4.78 is 15.7. The van der Waals surface area contributed by atoms with Crippen molar-refractivity contribution >= 4 is 12.0 Å². The molecule has 120 valence electrons. The SMILES string of the molecule is COc1ccc(C/C=C\c2ccccc2OC(C)=O)cc1OC. The van der Waals surface area contributed by atoms with Gasteiger partial charge in [-0.05, 0) is 30.2 Å². The molecule has 0 aliphatic heterocycles. The van der Waals surface area contributed by atoms with Crippen molar-refractivity contribution in [2.45, 2.75) is 13.3 Å². The maximum Gasteiger partial charge on any atom is 0.308 e. The van der Waals surface area contributed by atoms with Gasteiger partial charge < -0.3 is 14.2 Å². The predicted octanol–water partition coefficient (Wildman–Crippen LogP) is 3.89. The molecule has 23 heavy (non-hydrogen) atoms. The minimum Gasteiger partial charge on any atom is -0.493 e. The van der Waals surface area contributed by atoms with Crippen LogP contribution in [-0.4, -0.2) is 20.2 Å². The molecule has 0 bridgehead atoms. The lowest BCUT2D eigenvalue weighted by Gasteiger charge is -2.08. The lowest BCUT2D eigenvalue weighted by atomic mass is 10.1. The Kier molecular flexibility index (Phi) is 5.80. The number of methoxy groups -OCH3 is 2. The molecule has 0 heterocycles. The zero-order valence-corrected chi connectivity index (χ0v) is 13.5. The highest BCUT2D eigenvalue weighted by atomic mass is 16.5. The van der Waals surface area contributed by atoms with Crippen LogP contribution in [0.5, 0.6) is 17.2 Å². The summed E-state index contributed by atoms with van der Waals surface area (Å²) in [4.78, 5) is 11.1. The molecule has 0 N–H and O–H groups in total. The van der Waals surface area contributed by atoms with Gasteiger partial charge in [0.1, 0.15) is 5.75 Å². The first kappa shape index (κ1) is 16.6. The summed E-state index contributed by atoms with van der Waals surface area (Å²) >= 11 is 0. The second-order valence-corrected chi connectivity index (χ2v) is 4.93. The molecule has 0 aromatic heterocycles. The van der Waals surface area contributed by atoms with Crippen molar-refractivity contribution in [2.24, 2.45) is 0 Å². The van der Waals surface area contributed by atoms with Crippen LogP contribution in [-0.2, 0) is 11.2 Å². The van der Waals surface area contributed by atoms with Gasteiger partial charge in [-0.2, -0.15) is 0 Å². The van der Waals surface area contributed by atoms with E-state index < -0.39 is 0 Å². The molecule has 0 unspecified atom stereocenters. The average Bonchev–Trinajstić information content (AvgIpc) is 2.55. The van der Waals surface area contributed by atoms with Crippen LogP contribution in [0.25, 0.3) is 6.08 Å². The normalized spacial score (nSPS) is 10.6. The highest BCUT2D eigenvalue weighted by Gasteiger charge is 2.04. The van der Waals surface area contributed by atoms with Crippen molar-refractivity contribution in [2.75, 3.05) is 14.2 Å². The maximum atomic E-state index is 11.1. The number of benzene rings is 2. The summed E-state index contributed by atoms with van der Waals surface area (Å²) in [6, 6.07) is 13.2. The molecule has 4 heteroatoms. The van der Waals surface area contributed by atoms with E-state index >= 15 is 0 Å². The zero-order valence-electron chi connectivity index (χ0n) is 13.5. The number of allylic oxidation sites excluding steroid dienone is 1. The van der Waals surface area contributed by atoms with Crippen molar-refractivity contribution in [3.8, 4) is 17.2 Å². The molecule has 0 spiro atoms. The van der Waals surface area contributed by atoms with Crippen LogP contribution in [0.1, 0.15) is 18.1 Å². The van der Waals surface area contributed by atoms with Crippen molar-refractivity contribution < 1.29 is 19.0 Å². The van der Waals surface area contributed by atoms with Gasteiger partial charge in [-0.15, -0.1) is 0 Å². The fraction of sp³-hybridized carbons (Fsp3) is 0.211. The first-order valence-corrected chi connectivity index (χ1v) is 7.29. The Labute approximate surface area is 136 Å². The lowest BCUT2D eigenvalue weighted by molar-refractivity contribution is -0.131. The van der Waals surface area contributed by atoms with E-state index in [2.05, 4.69) is 0 Å². The van der Waals surface area contributed by atoms with Crippen LogP contribution < -0.4 is 14.2 Å². The fourth-order valence-corrected chi connectivity index (χ4v) is 2.20. The van der Waals surface area contributed by atoms with Crippen LogP contribution in [0.4, 0.5) is 0 Å². The van der Waals surface area contributed by atoms with E-state index in [4.69, 9.17) is 14.2 Å². The van der Waals surface area contributed by atoms with E-state index in [0.29, 0.717) is 17.2 Å². The molecule has 0 fully saturated rings. The monoisotopic (exact) mass is 312 g/mol. The number of esters is 1. The van der Waals surface area contributed by atoms with Gasteiger partial charge in [-0.25, -0.2) is 0 Å². The number of hydrogen-bond acceptors (Lipinski definition) is 4. The van der Waals surface area contributed by atoms with E-state index in [9.17, 15) is 4.79 Å². The number of rotatable bonds is 6. The molecule has 0 atom stereocenters. The van der Waals surface area contributed by atoms with Gasteiger partial charge in [0.2, 0.25) is 0 Å². The summed E-state index contributed by atoms with van der Waals surface area (Å²) in [5.74, 6) is 1.65. The van der Waals surface area contributed by atoms with Crippen LogP contribution in [0.15, 0.2) is 48.5 Å². The Bertz CT molecular complexity index is 704. The first-order valence-electron chi connectivity index (χ1n) is 7.29. The standard InChI is InChI=1S/C19H20O4/c1-14(20)23-17-10-5-4-8-16(17)9-6-7-15-11-12-18(21-2)19(13-15)22-3/h4-6,8-13H,7H2,1-3H3/b9-6-. The van der Waals surface area contributed by atoms with Crippen LogP contribution in [0.3, 0.4) is 0 Å². The molecule has 2 aromatic carbocycles. The van der Waals surface area contributed by atoms with Crippen LogP contribution in [0.2, 0.25) is 0 Å². The largest absolute Gasteiger partial charge is 0.493 e. The van der Waals surface area contributed by atoms with Gasteiger partial charge in [0.25, 0.3) is 0 Å². The van der Waals surface area contributed by atoms with Gasteiger partial charge in [-0.1, -0.05) is 36.4 Å². The summed E-state index contributed by atoms with van der Waals surface area (Å²) in [6.45, 7) is 1.39. The Morgan fingerprint density at radius 1 is 1.00 bits per heavy atom. The van der Waals surface area contributed by atoms with Gasteiger partial charge >= 0.3 is 5.97 Å². The lowest BCUT2D eigenvalue weighted by Crippen LogP contribution is -2.02. The van der Waals surface area contributed by atoms with Crippen molar-refractivity contribution in [1.29, 1.82) is 0 Å². The number of para-hydroxylation sites is 1. The van der Waals surface area contributed by atoms with Gasteiger partial charge in [0, 0.05) is 12.5 Å². The predicted molar refractivity (Wildman–Crippen MR) is 90.0 cm³/mol. The molecular weight excluding hydrogens is 292 g/mol. The topological polar surface area (TPSA) is 44.8 Å². The first-order chi connectivity index (χ1) is 11.1. The molecule has 2 rings (SSSR count). The van der Waals surface area contributed by atoms with Crippen molar-refractivity contribution in [1.82, 2.24) is 0 Å². The van der Waals surface area contributed by atoms with E-state index in [1.807, 2.05) is 48.6 Å². The summed E-state index contributed by atoms with van der Waals surface area (Å²) in [5.41, 5.74) is 1.96. The average molecular weight is 312 g/mol. The quantitative estimate of drug-likeness (QED) is 0.600. The van der Waals surface area contributed by atoms with Crippen LogP contribution >= 0.6 is 0 Å². The van der Waals surface area contributed by atoms with E-state index in [1.54, 1.807) is 20.3 Å². The summed E-state index contributed by atoms with van der Waals surface area (Å²) in [6.07, 6.45) is 4.69. The molecular formula is C19H20O4. The number of carbonyl (C=O) groups excluding carboxylic acids is 1. The van der Waals surface area contributed by atoms with Gasteiger partial charge in [0.05, 0.1) is 14.2 Å². The van der Waals surface area contributed by atoms with Crippen molar-refractivity contribution in [3.63, 3.8) is 0 Å². The third-order valence-corrected chi connectivity index (χ3v) is 3.27. The second-order valence-electron chi connectivity index (χ2n) is 4.93. The highest BCUT2D eigenvalue weighted by Crippen LogP contribution is 2.28. The summed E-state index contributed by atoms with van der Waals surface area (Å²) in [5, 5.41) is 0. The second kappa shape index (κ2) is 8.03. The van der Waals surface area contributed by atoms with Crippen LogP contribution in [0, 0.1) is 0 Å². The van der Waals surface area contributed by atoms with E-state index in [0.717, 1.165) is 17.5 Å². The van der Waals surface area contributed by atoms with E-state index in [1.165, 1.54) is 6.92 Å².